The second kappa shape index (κ2) is 9.36. The van der Waals surface area contributed by atoms with Crippen LogP contribution in [0.1, 0.15) is 28.6 Å². The largest absolute Gasteiger partial charge is 0.507 e. The summed E-state index contributed by atoms with van der Waals surface area (Å²) in [5.41, 5.74) is 2.63. The molecule has 9 heteroatoms. The number of benzene rings is 1. The Morgan fingerprint density at radius 2 is 1.82 bits per heavy atom. The molecule has 2 aliphatic heterocycles. The summed E-state index contributed by atoms with van der Waals surface area (Å²) in [5.74, 6) is -0.808. The lowest BCUT2D eigenvalue weighted by molar-refractivity contribution is -0.140. The maximum absolute atomic E-state index is 13.2. The summed E-state index contributed by atoms with van der Waals surface area (Å²) in [6.45, 7) is 7.46. The Kier molecular flexibility index (Phi) is 6.53. The number of aryl methyl sites for hydroxylation is 2. The van der Waals surface area contributed by atoms with Crippen LogP contribution in [0, 0.1) is 13.8 Å². The molecule has 176 valence electrons. The first-order chi connectivity index (χ1) is 15.8. The van der Waals surface area contributed by atoms with Crippen molar-refractivity contribution in [3.63, 3.8) is 0 Å². The number of aromatic nitrogens is 2. The van der Waals surface area contributed by atoms with Gasteiger partial charge in [0.1, 0.15) is 11.5 Å². The van der Waals surface area contributed by atoms with Gasteiger partial charge in [0, 0.05) is 38.9 Å². The number of nitrogens with zero attached hydrogens (tertiary/aromatic N) is 4. The Labute approximate surface area is 193 Å². The molecule has 1 aromatic heterocycles. The number of Topliss-reactive ketones (excluding diaryl/α,β-unsaturated/α-hetero) is 1. The third kappa shape index (κ3) is 4.26. The molecule has 0 unspecified atom stereocenters. The van der Waals surface area contributed by atoms with Crippen LogP contribution in [-0.2, 0) is 21.4 Å². The minimum Gasteiger partial charge on any atom is -0.507 e. The number of ether oxygens (including phenoxy) is 2. The van der Waals surface area contributed by atoms with Gasteiger partial charge in [0.05, 0.1) is 43.2 Å². The predicted octanol–water partition coefficient (Wildman–Crippen LogP) is 1.80. The Morgan fingerprint density at radius 1 is 1.15 bits per heavy atom. The van der Waals surface area contributed by atoms with Gasteiger partial charge in [-0.25, -0.2) is 0 Å². The van der Waals surface area contributed by atoms with Crippen LogP contribution in [0.3, 0.4) is 0 Å². The molecule has 33 heavy (non-hydrogen) atoms. The highest BCUT2D eigenvalue weighted by molar-refractivity contribution is 6.46. The van der Waals surface area contributed by atoms with E-state index in [0.29, 0.717) is 43.3 Å². The number of rotatable bonds is 6. The van der Waals surface area contributed by atoms with E-state index in [-0.39, 0.29) is 11.3 Å². The van der Waals surface area contributed by atoms with Gasteiger partial charge >= 0.3 is 0 Å². The highest BCUT2D eigenvalue weighted by atomic mass is 16.5. The van der Waals surface area contributed by atoms with Crippen molar-refractivity contribution in [1.29, 1.82) is 0 Å². The number of aliphatic hydroxyl groups is 1. The highest BCUT2D eigenvalue weighted by Gasteiger charge is 2.46. The van der Waals surface area contributed by atoms with E-state index in [0.717, 1.165) is 24.3 Å². The van der Waals surface area contributed by atoms with Gasteiger partial charge in [-0.15, -0.1) is 0 Å². The molecule has 2 aromatic rings. The molecule has 1 aromatic carbocycles. The van der Waals surface area contributed by atoms with E-state index in [1.165, 1.54) is 0 Å². The maximum atomic E-state index is 13.2. The summed E-state index contributed by atoms with van der Waals surface area (Å²) in [6.07, 6.45) is 0. The van der Waals surface area contributed by atoms with Crippen molar-refractivity contribution in [1.82, 2.24) is 19.6 Å². The number of ketones is 1. The molecule has 0 bridgehead atoms. The summed E-state index contributed by atoms with van der Waals surface area (Å²) in [5, 5.41) is 15.7. The Hall–Kier alpha value is -3.17. The molecule has 0 spiro atoms. The molecule has 0 saturated carbocycles. The van der Waals surface area contributed by atoms with Crippen LogP contribution in [0.2, 0.25) is 0 Å². The lowest BCUT2D eigenvalue weighted by Gasteiger charge is -2.31. The van der Waals surface area contributed by atoms with Crippen LogP contribution in [0.25, 0.3) is 5.76 Å². The lowest BCUT2D eigenvalue weighted by atomic mass is 9.94. The fourth-order valence-corrected chi connectivity index (χ4v) is 4.57. The van der Waals surface area contributed by atoms with Gasteiger partial charge in [-0.1, -0.05) is 12.1 Å². The highest BCUT2D eigenvalue weighted by Crippen LogP contribution is 2.40. The first kappa shape index (κ1) is 23.0. The van der Waals surface area contributed by atoms with Crippen LogP contribution in [0.15, 0.2) is 29.8 Å². The predicted molar refractivity (Wildman–Crippen MR) is 122 cm³/mol. The number of methoxy groups -OCH3 is 1. The lowest BCUT2D eigenvalue weighted by Crippen LogP contribution is -2.42. The van der Waals surface area contributed by atoms with Crippen molar-refractivity contribution in [2.24, 2.45) is 7.05 Å². The minimum absolute atomic E-state index is 0.0892. The van der Waals surface area contributed by atoms with E-state index < -0.39 is 17.7 Å². The van der Waals surface area contributed by atoms with Crippen LogP contribution in [-0.4, -0.2) is 82.9 Å². The van der Waals surface area contributed by atoms with Gasteiger partial charge in [-0.3, -0.25) is 19.2 Å². The van der Waals surface area contributed by atoms with E-state index in [1.54, 1.807) is 42.8 Å². The van der Waals surface area contributed by atoms with Gasteiger partial charge < -0.3 is 19.5 Å². The van der Waals surface area contributed by atoms with Crippen molar-refractivity contribution in [2.75, 3.05) is 46.5 Å². The number of hydrogen-bond donors (Lipinski definition) is 1. The summed E-state index contributed by atoms with van der Waals surface area (Å²) in [7, 11) is 3.36. The van der Waals surface area contributed by atoms with Gasteiger partial charge in [-0.2, -0.15) is 5.10 Å². The molecule has 2 saturated heterocycles. The fourth-order valence-electron chi connectivity index (χ4n) is 4.57. The smallest absolute Gasteiger partial charge is 0.295 e. The molecular formula is C24H30N4O5. The molecule has 1 amide bonds. The third-order valence-corrected chi connectivity index (χ3v) is 6.48. The molecule has 1 N–H and O–H groups in total. The zero-order valence-electron chi connectivity index (χ0n) is 19.5. The number of morpholine rings is 1. The number of carbonyl (C=O) groups excluding carboxylic acids is 2. The van der Waals surface area contributed by atoms with Crippen molar-refractivity contribution in [3.8, 4) is 5.75 Å². The molecular weight excluding hydrogens is 424 g/mol. The number of amides is 1. The monoisotopic (exact) mass is 454 g/mol. The second-order valence-electron chi connectivity index (χ2n) is 8.39. The van der Waals surface area contributed by atoms with E-state index in [1.807, 2.05) is 19.1 Å². The molecule has 2 aliphatic rings. The van der Waals surface area contributed by atoms with Crippen LogP contribution in [0.4, 0.5) is 0 Å². The van der Waals surface area contributed by atoms with Crippen LogP contribution >= 0.6 is 0 Å². The summed E-state index contributed by atoms with van der Waals surface area (Å²) in [4.78, 5) is 30.1. The standard InChI is InChI=1S/C24H30N4O5/c1-15-19(16(2)26(3)25-15)22(29)20-21(17-5-7-18(32-4)8-6-17)28(24(31)23(20)30)10-9-27-11-13-33-14-12-27/h5-8,21,29H,9-14H2,1-4H3/b22-20+/t21-/m0/s1. The molecule has 0 aliphatic carbocycles. The zero-order valence-corrected chi connectivity index (χ0v) is 19.5. The number of aliphatic hydroxyl groups excluding tert-OH is 1. The van der Waals surface area contributed by atoms with Crippen LogP contribution in [0.5, 0.6) is 5.75 Å². The van der Waals surface area contributed by atoms with E-state index in [4.69, 9.17) is 9.47 Å². The summed E-state index contributed by atoms with van der Waals surface area (Å²) in [6, 6.07) is 6.53. The Balaban J connectivity index is 1.77. The van der Waals surface area contributed by atoms with Crippen molar-refractivity contribution >= 4 is 17.4 Å². The first-order valence-corrected chi connectivity index (χ1v) is 11.1. The van der Waals surface area contributed by atoms with E-state index >= 15 is 0 Å². The van der Waals surface area contributed by atoms with Crippen molar-refractivity contribution in [2.45, 2.75) is 19.9 Å². The summed E-state index contributed by atoms with van der Waals surface area (Å²) >= 11 is 0. The Morgan fingerprint density at radius 3 is 2.39 bits per heavy atom. The topological polar surface area (TPSA) is 97.1 Å². The normalized spacial score (nSPS) is 21.1. The average molecular weight is 455 g/mol. The Bertz CT molecular complexity index is 1080. The zero-order chi connectivity index (χ0) is 23.7. The minimum atomic E-state index is -0.698. The van der Waals surface area contributed by atoms with Crippen LogP contribution < -0.4 is 4.74 Å². The quantitative estimate of drug-likeness (QED) is 0.404. The molecule has 3 heterocycles. The van der Waals surface area contributed by atoms with E-state index in [9.17, 15) is 14.7 Å². The average Bonchev–Trinajstić information content (AvgIpc) is 3.23. The van der Waals surface area contributed by atoms with E-state index in [2.05, 4.69) is 10.00 Å². The first-order valence-electron chi connectivity index (χ1n) is 11.1. The number of carbonyl (C=O) groups is 2. The summed E-state index contributed by atoms with van der Waals surface area (Å²) < 4.78 is 12.3. The molecule has 4 rings (SSSR count). The van der Waals surface area contributed by atoms with Crippen molar-refractivity contribution in [3.05, 3.63) is 52.4 Å². The molecule has 9 nitrogen and oxygen atoms in total. The third-order valence-electron chi connectivity index (χ3n) is 6.48. The molecule has 0 radical (unpaired) electrons. The van der Waals surface area contributed by atoms with Crippen molar-refractivity contribution < 1.29 is 24.2 Å². The molecule has 1 atom stereocenters. The van der Waals surface area contributed by atoms with Gasteiger partial charge in [-0.05, 0) is 31.5 Å². The molecule has 2 fully saturated rings. The number of likely N-dealkylation sites (tertiary alicyclic amines) is 1. The SMILES string of the molecule is COc1ccc([C@H]2/C(=C(\O)c3c(C)nn(C)c3C)C(=O)C(=O)N2CCN2CCOCC2)cc1. The van der Waals surface area contributed by atoms with Gasteiger partial charge in [0.25, 0.3) is 11.7 Å². The van der Waals surface area contributed by atoms with Gasteiger partial charge in [0.15, 0.2) is 0 Å². The second-order valence-corrected chi connectivity index (χ2v) is 8.39. The van der Waals surface area contributed by atoms with Gasteiger partial charge in [0.2, 0.25) is 0 Å². The fraction of sp³-hybridized carbons (Fsp3) is 0.458. The maximum Gasteiger partial charge on any atom is 0.295 e. The number of hydrogen-bond acceptors (Lipinski definition) is 7.